The molecular weight excluding hydrogens is 323 g/mol. The molecule has 2 N–H and O–H groups in total. The van der Waals surface area contributed by atoms with Gasteiger partial charge in [-0.3, -0.25) is 9.59 Å². The quantitative estimate of drug-likeness (QED) is 0.875. The van der Waals surface area contributed by atoms with E-state index in [0.717, 1.165) is 36.9 Å². The van der Waals surface area contributed by atoms with Crippen LogP contribution >= 0.6 is 23.2 Å². The van der Waals surface area contributed by atoms with E-state index in [2.05, 4.69) is 10.3 Å². The third-order valence-electron chi connectivity index (χ3n) is 3.70. The van der Waals surface area contributed by atoms with Crippen LogP contribution in [0.5, 0.6) is 0 Å². The maximum atomic E-state index is 12.3. The highest BCUT2D eigenvalue weighted by Gasteiger charge is 2.17. The minimum absolute atomic E-state index is 0.108. The summed E-state index contributed by atoms with van der Waals surface area (Å²) in [5.41, 5.74) is 2.18. The Morgan fingerprint density at radius 3 is 2.45 bits per heavy atom. The van der Waals surface area contributed by atoms with Crippen molar-refractivity contribution in [3.05, 3.63) is 61.5 Å². The number of halogens is 2. The van der Waals surface area contributed by atoms with Crippen molar-refractivity contribution in [3.8, 4) is 0 Å². The molecule has 0 fully saturated rings. The number of hydrogen-bond acceptors (Lipinski definition) is 2. The number of pyridine rings is 1. The van der Waals surface area contributed by atoms with Gasteiger partial charge in [0.05, 0.1) is 0 Å². The van der Waals surface area contributed by atoms with Crippen LogP contribution in [0.4, 0.5) is 5.69 Å². The number of H-pyrrole nitrogens is 1. The van der Waals surface area contributed by atoms with E-state index in [1.807, 2.05) is 0 Å². The molecule has 0 radical (unpaired) electrons. The monoisotopic (exact) mass is 336 g/mol. The van der Waals surface area contributed by atoms with Crippen molar-refractivity contribution >= 4 is 34.8 Å². The third-order valence-corrected chi connectivity index (χ3v) is 4.14. The molecule has 0 saturated carbocycles. The van der Waals surface area contributed by atoms with Crippen molar-refractivity contribution < 1.29 is 4.79 Å². The van der Waals surface area contributed by atoms with Gasteiger partial charge in [-0.15, -0.1) is 0 Å². The predicted octanol–water partition coefficient (Wildman–Crippen LogP) is 3.81. The standard InChI is InChI=1S/C16H14Cl2N2O2/c17-10-6-11(18)8-12(7-10)19-15(21)13-5-9-3-1-2-4-14(9)20-16(13)22/h5-8H,1-4H2,(H,19,21)(H,20,22). The third kappa shape index (κ3) is 3.18. The fraction of sp³-hybridized carbons (Fsp3) is 0.250. The number of benzene rings is 1. The summed E-state index contributed by atoms with van der Waals surface area (Å²) in [4.78, 5) is 27.2. The van der Waals surface area contributed by atoms with E-state index in [1.165, 1.54) is 0 Å². The van der Waals surface area contributed by atoms with Gasteiger partial charge in [0, 0.05) is 21.4 Å². The van der Waals surface area contributed by atoms with Crippen molar-refractivity contribution in [3.63, 3.8) is 0 Å². The number of anilines is 1. The molecule has 0 unspecified atom stereocenters. The first kappa shape index (κ1) is 15.1. The van der Waals surface area contributed by atoms with Crippen molar-refractivity contribution in [2.75, 3.05) is 5.32 Å². The van der Waals surface area contributed by atoms with Gasteiger partial charge in [-0.25, -0.2) is 0 Å². The first-order valence-corrected chi connectivity index (χ1v) is 7.81. The van der Waals surface area contributed by atoms with Crippen molar-refractivity contribution in [1.29, 1.82) is 0 Å². The van der Waals surface area contributed by atoms with Gasteiger partial charge in [0.15, 0.2) is 0 Å². The molecule has 1 amide bonds. The first-order chi connectivity index (χ1) is 10.5. The van der Waals surface area contributed by atoms with Crippen LogP contribution in [-0.2, 0) is 12.8 Å². The van der Waals surface area contributed by atoms with Crippen molar-refractivity contribution in [1.82, 2.24) is 4.98 Å². The number of hydrogen-bond donors (Lipinski definition) is 2. The zero-order valence-electron chi connectivity index (χ0n) is 11.7. The van der Waals surface area contributed by atoms with Gasteiger partial charge in [0.2, 0.25) is 0 Å². The van der Waals surface area contributed by atoms with Gasteiger partial charge in [-0.05, 0) is 55.5 Å². The maximum Gasteiger partial charge on any atom is 0.261 e. The maximum absolute atomic E-state index is 12.3. The van der Waals surface area contributed by atoms with Crippen molar-refractivity contribution in [2.24, 2.45) is 0 Å². The van der Waals surface area contributed by atoms with E-state index in [4.69, 9.17) is 23.2 Å². The molecule has 1 aliphatic carbocycles. The Labute approximate surface area is 137 Å². The molecule has 1 aromatic carbocycles. The molecule has 114 valence electrons. The molecule has 0 spiro atoms. The van der Waals surface area contributed by atoms with Crippen molar-refractivity contribution in [2.45, 2.75) is 25.7 Å². The van der Waals surface area contributed by atoms with E-state index in [9.17, 15) is 9.59 Å². The number of carbonyl (C=O) groups excluding carboxylic acids is 1. The Hall–Kier alpha value is -1.78. The zero-order chi connectivity index (χ0) is 15.7. The normalized spacial score (nSPS) is 13.5. The van der Waals surface area contributed by atoms with E-state index in [1.54, 1.807) is 24.3 Å². The number of amides is 1. The van der Waals surface area contributed by atoms with E-state index < -0.39 is 5.91 Å². The molecular formula is C16H14Cl2N2O2. The minimum Gasteiger partial charge on any atom is -0.325 e. The molecule has 0 atom stereocenters. The summed E-state index contributed by atoms with van der Waals surface area (Å²) < 4.78 is 0. The van der Waals surface area contributed by atoms with Crippen LogP contribution in [0, 0.1) is 0 Å². The topological polar surface area (TPSA) is 62.0 Å². The molecule has 0 aliphatic heterocycles. The second kappa shape index (κ2) is 6.15. The minimum atomic E-state index is -0.465. The fourth-order valence-electron chi connectivity index (χ4n) is 2.67. The Morgan fingerprint density at radius 1 is 1.05 bits per heavy atom. The van der Waals surface area contributed by atoms with Crippen LogP contribution < -0.4 is 10.9 Å². The second-order valence-corrected chi connectivity index (χ2v) is 6.21. The summed E-state index contributed by atoms with van der Waals surface area (Å²) in [5, 5.41) is 3.50. The number of aryl methyl sites for hydroxylation is 2. The van der Waals surface area contributed by atoms with Gasteiger partial charge in [0.25, 0.3) is 11.5 Å². The van der Waals surface area contributed by atoms with Crippen LogP contribution in [0.2, 0.25) is 10.0 Å². The lowest BCUT2D eigenvalue weighted by molar-refractivity contribution is 0.102. The number of carbonyl (C=O) groups is 1. The highest BCUT2D eigenvalue weighted by molar-refractivity contribution is 6.35. The Kier molecular flexibility index (Phi) is 4.23. The summed E-state index contributed by atoms with van der Waals surface area (Å²) in [6.45, 7) is 0. The molecule has 1 heterocycles. The smallest absolute Gasteiger partial charge is 0.261 e. The largest absolute Gasteiger partial charge is 0.325 e. The average Bonchev–Trinajstić information content (AvgIpc) is 2.45. The van der Waals surface area contributed by atoms with Crippen LogP contribution in [0.15, 0.2) is 29.1 Å². The molecule has 2 aromatic rings. The average molecular weight is 337 g/mol. The van der Waals surface area contributed by atoms with Crippen LogP contribution in [0.25, 0.3) is 0 Å². The number of fused-ring (bicyclic) bond motifs is 1. The number of aromatic nitrogens is 1. The SMILES string of the molecule is O=C(Nc1cc(Cl)cc(Cl)c1)c1cc2c([nH]c1=O)CCCC2. The summed E-state index contributed by atoms with van der Waals surface area (Å²) in [5.74, 6) is -0.465. The number of nitrogens with one attached hydrogen (secondary N) is 2. The molecule has 1 aromatic heterocycles. The first-order valence-electron chi connectivity index (χ1n) is 7.05. The Bertz CT molecular complexity index is 779. The van der Waals surface area contributed by atoms with E-state index in [-0.39, 0.29) is 11.1 Å². The van der Waals surface area contributed by atoms with Gasteiger partial charge in [0.1, 0.15) is 5.56 Å². The van der Waals surface area contributed by atoms with E-state index in [0.29, 0.717) is 15.7 Å². The predicted molar refractivity (Wildman–Crippen MR) is 88.1 cm³/mol. The summed E-state index contributed by atoms with van der Waals surface area (Å²) in [7, 11) is 0. The van der Waals surface area contributed by atoms with E-state index >= 15 is 0 Å². The summed E-state index contributed by atoms with van der Waals surface area (Å²) in [6.07, 6.45) is 3.88. The van der Waals surface area contributed by atoms with Gasteiger partial charge >= 0.3 is 0 Å². The number of rotatable bonds is 2. The highest BCUT2D eigenvalue weighted by Crippen LogP contribution is 2.23. The molecule has 1 aliphatic rings. The lowest BCUT2D eigenvalue weighted by Crippen LogP contribution is -2.26. The van der Waals surface area contributed by atoms with Gasteiger partial charge in [-0.1, -0.05) is 23.2 Å². The zero-order valence-corrected chi connectivity index (χ0v) is 13.2. The summed E-state index contributed by atoms with van der Waals surface area (Å²) in [6, 6.07) is 6.43. The lowest BCUT2D eigenvalue weighted by Gasteiger charge is -2.16. The van der Waals surface area contributed by atoms with Gasteiger partial charge in [-0.2, -0.15) is 0 Å². The van der Waals surface area contributed by atoms with Gasteiger partial charge < -0.3 is 10.3 Å². The molecule has 4 nitrogen and oxygen atoms in total. The Morgan fingerprint density at radius 2 is 1.73 bits per heavy atom. The number of aromatic amines is 1. The summed E-state index contributed by atoms with van der Waals surface area (Å²) >= 11 is 11.8. The molecule has 3 rings (SSSR count). The molecule has 22 heavy (non-hydrogen) atoms. The van der Waals surface area contributed by atoms with Crippen LogP contribution in [0.1, 0.15) is 34.5 Å². The Balaban J connectivity index is 1.90. The molecule has 0 saturated heterocycles. The molecule has 6 heteroatoms. The fourth-order valence-corrected chi connectivity index (χ4v) is 3.19. The highest BCUT2D eigenvalue weighted by atomic mass is 35.5. The molecule has 0 bridgehead atoms. The second-order valence-electron chi connectivity index (χ2n) is 5.34. The van der Waals surface area contributed by atoms with Crippen LogP contribution in [0.3, 0.4) is 0 Å². The lowest BCUT2D eigenvalue weighted by atomic mass is 9.95. The van der Waals surface area contributed by atoms with Crippen LogP contribution in [-0.4, -0.2) is 10.9 Å².